The van der Waals surface area contributed by atoms with Crippen molar-refractivity contribution in [2.45, 2.75) is 37.6 Å². The summed E-state index contributed by atoms with van der Waals surface area (Å²) >= 11 is 0. The summed E-state index contributed by atoms with van der Waals surface area (Å²) in [6.45, 7) is -0.0920. The van der Waals surface area contributed by atoms with E-state index in [0.717, 1.165) is 30.5 Å². The number of fused-ring (bicyclic) bond motifs is 1. The molecule has 4 N–H and O–H groups in total. The van der Waals surface area contributed by atoms with E-state index in [9.17, 15) is 17.9 Å². The summed E-state index contributed by atoms with van der Waals surface area (Å²) in [7, 11) is -1.83. The number of nitrogens with zero attached hydrogens (tertiary/aromatic N) is 3. The maximum absolute atomic E-state index is 13.3. The van der Waals surface area contributed by atoms with Gasteiger partial charge in [0.05, 0.1) is 5.69 Å². The number of aromatic nitrogens is 1. The molecular weight excluding hydrogens is 350 g/mol. The van der Waals surface area contributed by atoms with E-state index in [2.05, 4.69) is 11.1 Å². The lowest BCUT2D eigenvalue weighted by Crippen LogP contribution is -2.33. The maximum atomic E-state index is 13.3. The molecule has 1 saturated carbocycles. The number of allylic oxidation sites excluding steroid dienone is 1. The summed E-state index contributed by atoms with van der Waals surface area (Å²) < 4.78 is 50.1. The molecule has 1 aliphatic heterocycles. The Balaban J connectivity index is 1.65. The molecule has 0 aromatic carbocycles. The van der Waals surface area contributed by atoms with Crippen molar-refractivity contribution in [2.75, 3.05) is 22.2 Å². The molecule has 0 radical (unpaired) electrons. The molecule has 0 bridgehead atoms. The van der Waals surface area contributed by atoms with E-state index in [1.54, 1.807) is 6.07 Å². The predicted octanol–water partition coefficient (Wildman–Crippen LogP) is 3.47. The maximum Gasteiger partial charge on any atom is 0.253 e. The molecule has 6 nitrogen and oxygen atoms in total. The quantitative estimate of drug-likeness (QED) is 0.753. The molecule has 0 spiro atoms. The third-order valence-electron chi connectivity index (χ3n) is 5.21. The molecular formula is C16H22F2N4O2S. The number of pyridine rings is 1. The Morgan fingerprint density at radius 1 is 1.40 bits per heavy atom. The largest absolute Gasteiger partial charge is 0.327 e. The zero-order valence-electron chi connectivity index (χ0n) is 13.9. The van der Waals surface area contributed by atoms with Gasteiger partial charge in [0.15, 0.2) is 5.82 Å². The van der Waals surface area contributed by atoms with Crippen molar-refractivity contribution in [3.8, 4) is 0 Å². The molecule has 3 aliphatic rings. The van der Waals surface area contributed by atoms with Crippen LogP contribution in [0.3, 0.4) is 0 Å². The Hall–Kier alpha value is -1.42. The fraction of sp³-hybridized carbons (Fsp3) is 0.562. The standard InChI is InChI=1S/C16H22F2N4O2S/c1-21-15-14(22(25(21,23)24)9-11-8-16(11,17)18)7-6-13(20-15)10-2-4-12(19)5-3-10/h2,6-7,11-12,23-24H,3-5,8-9,19H2,1H3. The third-order valence-corrected chi connectivity index (χ3v) is 7.05. The molecule has 25 heavy (non-hydrogen) atoms. The molecule has 138 valence electrons. The topological polar surface area (TPSA) is 85.9 Å². The van der Waals surface area contributed by atoms with E-state index in [4.69, 9.17) is 5.73 Å². The van der Waals surface area contributed by atoms with E-state index in [1.165, 1.54) is 15.7 Å². The van der Waals surface area contributed by atoms with E-state index in [1.807, 2.05) is 6.07 Å². The Kier molecular flexibility index (Phi) is 3.77. The summed E-state index contributed by atoms with van der Waals surface area (Å²) in [5.74, 6) is -3.15. The van der Waals surface area contributed by atoms with Gasteiger partial charge in [0.1, 0.15) is 5.69 Å². The Morgan fingerprint density at radius 3 is 2.72 bits per heavy atom. The number of nitrogens with two attached hydrogens (primary N) is 1. The molecule has 1 aromatic heterocycles. The number of halogens is 2. The lowest BCUT2D eigenvalue weighted by atomic mass is 9.93. The number of anilines is 2. The van der Waals surface area contributed by atoms with Crippen molar-refractivity contribution in [3.05, 3.63) is 23.9 Å². The molecule has 0 saturated heterocycles. The molecule has 2 atom stereocenters. The van der Waals surface area contributed by atoms with Gasteiger partial charge in [-0.3, -0.25) is 9.11 Å². The predicted molar refractivity (Wildman–Crippen MR) is 95.7 cm³/mol. The second-order valence-corrected chi connectivity index (χ2v) is 8.98. The highest BCUT2D eigenvalue weighted by Gasteiger charge is 2.59. The van der Waals surface area contributed by atoms with Gasteiger partial charge in [-0.1, -0.05) is 6.08 Å². The first-order valence-electron chi connectivity index (χ1n) is 8.34. The monoisotopic (exact) mass is 372 g/mol. The van der Waals surface area contributed by atoms with Gasteiger partial charge in [-0.05, 0) is 47.9 Å². The van der Waals surface area contributed by atoms with Crippen LogP contribution >= 0.6 is 11.0 Å². The van der Waals surface area contributed by atoms with Crippen LogP contribution < -0.4 is 14.3 Å². The Bertz CT molecular complexity index is 743. The van der Waals surface area contributed by atoms with Crippen molar-refractivity contribution in [1.29, 1.82) is 0 Å². The Morgan fingerprint density at radius 2 is 2.12 bits per heavy atom. The van der Waals surface area contributed by atoms with Gasteiger partial charge in [0.2, 0.25) is 0 Å². The van der Waals surface area contributed by atoms with Gasteiger partial charge in [-0.2, -0.15) is 0 Å². The number of alkyl halides is 2. The first-order chi connectivity index (χ1) is 11.7. The molecule has 0 amide bonds. The fourth-order valence-corrected chi connectivity index (χ4v) is 4.84. The molecule has 2 aliphatic carbocycles. The number of rotatable bonds is 3. The van der Waals surface area contributed by atoms with Crippen LogP contribution in [0.4, 0.5) is 20.3 Å². The average molecular weight is 372 g/mol. The molecule has 2 unspecified atom stereocenters. The van der Waals surface area contributed by atoms with Gasteiger partial charge in [0, 0.05) is 32.0 Å². The van der Waals surface area contributed by atoms with Crippen molar-refractivity contribution in [3.63, 3.8) is 0 Å². The summed E-state index contributed by atoms with van der Waals surface area (Å²) in [6.07, 6.45) is 4.36. The van der Waals surface area contributed by atoms with Gasteiger partial charge in [0.25, 0.3) is 5.92 Å². The van der Waals surface area contributed by atoms with Crippen LogP contribution in [0.15, 0.2) is 18.2 Å². The number of hydrogen-bond acceptors (Lipinski definition) is 6. The first-order valence-corrected chi connectivity index (χ1v) is 9.80. The van der Waals surface area contributed by atoms with Gasteiger partial charge < -0.3 is 5.73 Å². The molecule has 9 heteroatoms. The van der Waals surface area contributed by atoms with E-state index < -0.39 is 22.8 Å². The van der Waals surface area contributed by atoms with Crippen molar-refractivity contribution in [2.24, 2.45) is 11.7 Å². The number of hydrogen-bond donors (Lipinski definition) is 3. The summed E-state index contributed by atoms with van der Waals surface area (Å²) in [5.41, 5.74) is 8.25. The van der Waals surface area contributed by atoms with Crippen LogP contribution in [0.25, 0.3) is 5.57 Å². The third kappa shape index (κ3) is 2.79. The van der Waals surface area contributed by atoms with Crippen LogP contribution in [-0.2, 0) is 0 Å². The van der Waals surface area contributed by atoms with E-state index >= 15 is 0 Å². The van der Waals surface area contributed by atoms with Crippen LogP contribution in [0.5, 0.6) is 0 Å². The minimum absolute atomic E-state index is 0.0920. The zero-order valence-corrected chi connectivity index (χ0v) is 14.7. The average Bonchev–Trinajstić information content (AvgIpc) is 3.13. The molecule has 1 aromatic rings. The summed E-state index contributed by atoms with van der Waals surface area (Å²) in [5, 5.41) is 0. The van der Waals surface area contributed by atoms with Crippen molar-refractivity contribution in [1.82, 2.24) is 4.98 Å². The fourth-order valence-electron chi connectivity index (χ4n) is 3.40. The van der Waals surface area contributed by atoms with E-state index in [-0.39, 0.29) is 19.0 Å². The van der Waals surface area contributed by atoms with Crippen LogP contribution in [-0.4, -0.2) is 39.6 Å². The van der Waals surface area contributed by atoms with Crippen LogP contribution in [0, 0.1) is 5.92 Å². The van der Waals surface area contributed by atoms with Gasteiger partial charge in [-0.15, -0.1) is 0 Å². The van der Waals surface area contributed by atoms with Gasteiger partial charge >= 0.3 is 0 Å². The highest BCUT2D eigenvalue weighted by molar-refractivity contribution is 8.26. The molecule has 1 fully saturated rings. The minimum Gasteiger partial charge on any atom is -0.327 e. The van der Waals surface area contributed by atoms with E-state index in [0.29, 0.717) is 11.5 Å². The minimum atomic E-state index is -3.36. The highest BCUT2D eigenvalue weighted by Crippen LogP contribution is 2.62. The second-order valence-electron chi connectivity index (χ2n) is 7.01. The zero-order chi connectivity index (χ0) is 18.0. The lowest BCUT2D eigenvalue weighted by Gasteiger charge is -2.41. The normalized spacial score (nSPS) is 30.7. The smallest absolute Gasteiger partial charge is 0.253 e. The van der Waals surface area contributed by atoms with Crippen LogP contribution in [0.1, 0.15) is 31.4 Å². The second kappa shape index (κ2) is 5.54. The van der Waals surface area contributed by atoms with Crippen LogP contribution in [0.2, 0.25) is 0 Å². The van der Waals surface area contributed by atoms with Gasteiger partial charge in [-0.25, -0.2) is 22.4 Å². The SMILES string of the molecule is CN1c2nc(C3=CCC(N)CC3)ccc2N(CC2CC2(F)F)S1(O)O. The molecule has 2 heterocycles. The highest BCUT2D eigenvalue weighted by atomic mass is 32.3. The lowest BCUT2D eigenvalue weighted by molar-refractivity contribution is 0.101. The Labute approximate surface area is 146 Å². The summed E-state index contributed by atoms with van der Waals surface area (Å²) in [6, 6.07) is 3.72. The molecule has 4 rings (SSSR count). The van der Waals surface area contributed by atoms with Crippen molar-refractivity contribution >= 4 is 28.0 Å². The summed E-state index contributed by atoms with van der Waals surface area (Å²) in [4.78, 5) is 4.58. The first kappa shape index (κ1) is 17.0. The van der Waals surface area contributed by atoms with Crippen molar-refractivity contribution < 1.29 is 17.9 Å².